The van der Waals surface area contributed by atoms with Crippen molar-refractivity contribution in [3.63, 3.8) is 0 Å². The predicted molar refractivity (Wildman–Crippen MR) is 72.2 cm³/mol. The highest BCUT2D eigenvalue weighted by atomic mass is 32.2. The number of quaternary nitrogens is 1. The summed E-state index contributed by atoms with van der Waals surface area (Å²) in [6, 6.07) is 9.35. The van der Waals surface area contributed by atoms with Crippen LogP contribution in [0.25, 0.3) is 0 Å². The molecule has 0 aliphatic rings. The Hall–Kier alpha value is -0.710. The molecule has 0 bridgehead atoms. The molecule has 0 radical (unpaired) electrons. The predicted octanol–water partition coefficient (Wildman–Crippen LogP) is 1.29. The topological polar surface area (TPSA) is 44.6 Å². The van der Waals surface area contributed by atoms with Crippen LogP contribution >= 0.6 is 0 Å². The first kappa shape index (κ1) is 14.4. The largest absolute Gasteiger partial charge is 0.633 e. The Morgan fingerprint density at radius 1 is 1.29 bits per heavy atom. The zero-order valence-electron chi connectivity index (χ0n) is 10.9. The molecule has 1 aromatic carbocycles. The van der Waals surface area contributed by atoms with E-state index in [2.05, 4.69) is 0 Å². The third kappa shape index (κ3) is 4.22. The van der Waals surface area contributed by atoms with Crippen LogP contribution in [-0.4, -0.2) is 21.8 Å². The molecule has 0 aliphatic carbocycles. The van der Waals surface area contributed by atoms with Gasteiger partial charge in [0, 0.05) is 22.6 Å². The minimum atomic E-state index is -0.972. The smallest absolute Gasteiger partial charge is 0.125 e. The van der Waals surface area contributed by atoms with Gasteiger partial charge in [-0.15, -0.1) is 0 Å². The molecule has 0 heterocycles. The fourth-order valence-corrected chi connectivity index (χ4v) is 2.58. The molecule has 4 heteroatoms. The van der Waals surface area contributed by atoms with Crippen LogP contribution in [0.5, 0.6) is 0 Å². The first-order chi connectivity index (χ1) is 7.82. The zero-order valence-corrected chi connectivity index (χ0v) is 11.7. The van der Waals surface area contributed by atoms with Crippen LogP contribution in [0.1, 0.15) is 32.4 Å². The number of hydroxylamine groups is 2. The van der Waals surface area contributed by atoms with Crippen LogP contribution in [0, 0.1) is 5.21 Å². The number of rotatable bonds is 4. The van der Waals surface area contributed by atoms with Crippen LogP contribution in [0.2, 0.25) is 0 Å². The second-order valence-corrected chi connectivity index (χ2v) is 6.80. The van der Waals surface area contributed by atoms with Gasteiger partial charge in [0.05, 0.1) is 11.3 Å². The zero-order chi connectivity index (χ0) is 13.1. The monoisotopic (exact) mass is 255 g/mol. The molecular formula is C13H21NO2S. The molecule has 3 atom stereocenters. The van der Waals surface area contributed by atoms with Crippen molar-refractivity contribution in [3.8, 4) is 0 Å². The number of benzene rings is 1. The molecule has 3 nitrogen and oxygen atoms in total. The quantitative estimate of drug-likeness (QED) is 0.824. The highest BCUT2D eigenvalue weighted by Crippen LogP contribution is 2.12. The van der Waals surface area contributed by atoms with E-state index in [1.54, 1.807) is 6.26 Å². The van der Waals surface area contributed by atoms with E-state index in [0.29, 0.717) is 5.75 Å². The lowest BCUT2D eigenvalue weighted by Crippen LogP contribution is -3.15. The van der Waals surface area contributed by atoms with E-state index in [-0.39, 0.29) is 11.1 Å². The van der Waals surface area contributed by atoms with Crippen molar-refractivity contribution >= 4 is 10.8 Å². The molecule has 96 valence electrons. The Morgan fingerprint density at radius 3 is 2.24 bits per heavy atom. The van der Waals surface area contributed by atoms with Crippen LogP contribution in [0.3, 0.4) is 0 Å². The Morgan fingerprint density at radius 2 is 1.82 bits per heavy atom. The van der Waals surface area contributed by atoms with E-state index in [1.165, 1.54) is 0 Å². The van der Waals surface area contributed by atoms with Crippen molar-refractivity contribution < 1.29 is 9.27 Å². The summed E-state index contributed by atoms with van der Waals surface area (Å²) < 4.78 is 11.4. The van der Waals surface area contributed by atoms with Gasteiger partial charge in [0.15, 0.2) is 0 Å². The lowest BCUT2D eigenvalue weighted by atomic mass is 10.0. The van der Waals surface area contributed by atoms with Crippen LogP contribution in [-0.2, 0) is 10.8 Å². The molecular weight excluding hydrogens is 234 g/mol. The van der Waals surface area contributed by atoms with E-state index < -0.39 is 16.3 Å². The van der Waals surface area contributed by atoms with Crippen molar-refractivity contribution in [2.45, 2.75) is 32.4 Å². The van der Waals surface area contributed by atoms with E-state index in [1.807, 2.05) is 51.1 Å². The average Bonchev–Trinajstić information content (AvgIpc) is 2.24. The summed E-state index contributed by atoms with van der Waals surface area (Å²) in [6.45, 7) is 5.72. The minimum Gasteiger partial charge on any atom is -0.633 e. The SMILES string of the molecule is CS(=O)CC(c1ccccc1)[NH+]([O-])C(C)(C)C. The Kier molecular flexibility index (Phi) is 4.86. The maximum Gasteiger partial charge on any atom is 0.125 e. The second-order valence-electron chi connectivity index (χ2n) is 5.32. The van der Waals surface area contributed by atoms with E-state index in [0.717, 1.165) is 5.56 Å². The van der Waals surface area contributed by atoms with Crippen molar-refractivity contribution in [1.82, 2.24) is 0 Å². The lowest BCUT2D eigenvalue weighted by Gasteiger charge is -2.41. The Labute approximate surface area is 106 Å². The van der Waals surface area contributed by atoms with E-state index >= 15 is 0 Å². The number of hydrogen-bond donors (Lipinski definition) is 1. The fourth-order valence-electron chi connectivity index (χ4n) is 1.77. The fraction of sp³-hybridized carbons (Fsp3) is 0.538. The maximum absolute atomic E-state index is 12.4. The third-order valence-corrected chi connectivity index (χ3v) is 3.46. The summed E-state index contributed by atoms with van der Waals surface area (Å²) in [5, 5.41) is 12.5. The average molecular weight is 255 g/mol. The van der Waals surface area contributed by atoms with E-state index in [9.17, 15) is 9.42 Å². The molecule has 0 fully saturated rings. The van der Waals surface area contributed by atoms with Gasteiger partial charge < -0.3 is 10.3 Å². The molecule has 1 rings (SSSR count). The molecule has 1 aromatic rings. The van der Waals surface area contributed by atoms with Crippen molar-refractivity contribution in [1.29, 1.82) is 0 Å². The van der Waals surface area contributed by atoms with Gasteiger partial charge in [-0.2, -0.15) is 0 Å². The molecule has 0 aliphatic heterocycles. The van der Waals surface area contributed by atoms with Crippen molar-refractivity contribution in [3.05, 3.63) is 41.1 Å². The van der Waals surface area contributed by atoms with Gasteiger partial charge in [0.25, 0.3) is 0 Å². The highest BCUT2D eigenvalue weighted by Gasteiger charge is 2.28. The third-order valence-electron chi connectivity index (χ3n) is 2.66. The van der Waals surface area contributed by atoms with Crippen molar-refractivity contribution in [2.24, 2.45) is 0 Å². The van der Waals surface area contributed by atoms with Crippen LogP contribution in [0.15, 0.2) is 30.3 Å². The van der Waals surface area contributed by atoms with Gasteiger partial charge in [-0.3, -0.25) is 4.21 Å². The lowest BCUT2D eigenvalue weighted by molar-refractivity contribution is -0.926. The van der Waals surface area contributed by atoms with Gasteiger partial charge in [-0.25, -0.2) is 0 Å². The summed E-state index contributed by atoms with van der Waals surface area (Å²) in [5.41, 5.74) is 0.558. The first-order valence-corrected chi connectivity index (χ1v) is 7.44. The first-order valence-electron chi connectivity index (χ1n) is 5.71. The van der Waals surface area contributed by atoms with Gasteiger partial charge in [0.1, 0.15) is 6.04 Å². The maximum atomic E-state index is 12.4. The second kappa shape index (κ2) is 5.76. The van der Waals surface area contributed by atoms with Gasteiger partial charge in [0.2, 0.25) is 0 Å². The van der Waals surface area contributed by atoms with Gasteiger partial charge in [-0.1, -0.05) is 30.3 Å². The Balaban J connectivity index is 3.00. The van der Waals surface area contributed by atoms with E-state index in [4.69, 9.17) is 0 Å². The summed E-state index contributed by atoms with van der Waals surface area (Å²) >= 11 is 0. The molecule has 0 saturated heterocycles. The summed E-state index contributed by atoms with van der Waals surface area (Å²) in [6.07, 6.45) is 1.64. The molecule has 3 unspecified atom stereocenters. The van der Waals surface area contributed by atoms with Crippen LogP contribution in [0.4, 0.5) is 0 Å². The molecule has 0 spiro atoms. The number of hydrogen-bond acceptors (Lipinski definition) is 2. The van der Waals surface area contributed by atoms with Crippen LogP contribution < -0.4 is 5.06 Å². The molecule has 0 amide bonds. The number of nitrogens with one attached hydrogen (secondary N) is 1. The van der Waals surface area contributed by atoms with Gasteiger partial charge >= 0.3 is 0 Å². The highest BCUT2D eigenvalue weighted by molar-refractivity contribution is 7.84. The molecule has 0 saturated carbocycles. The summed E-state index contributed by atoms with van der Waals surface area (Å²) in [4.78, 5) is 0. The normalized spacial score (nSPS) is 17.5. The standard InChI is InChI=1S/C13H21NO2S/c1-13(2,3)14(15)12(10-17(4)16)11-8-6-5-7-9-11/h5-9,12,14H,10H2,1-4H3. The molecule has 0 aromatic heterocycles. The minimum absolute atomic E-state index is 0.152. The summed E-state index contributed by atoms with van der Waals surface area (Å²) in [5.74, 6) is 0.403. The Bertz CT molecular complexity index is 373. The van der Waals surface area contributed by atoms with Crippen molar-refractivity contribution in [2.75, 3.05) is 12.0 Å². The summed E-state index contributed by atoms with van der Waals surface area (Å²) in [7, 11) is -0.972. The molecule has 1 N–H and O–H groups in total. The molecule has 17 heavy (non-hydrogen) atoms. The van der Waals surface area contributed by atoms with Gasteiger partial charge in [-0.05, 0) is 20.8 Å².